The van der Waals surface area contributed by atoms with Crippen LogP contribution in [0.4, 0.5) is 0 Å². The smallest absolute Gasteiger partial charge is 0.145 e. The van der Waals surface area contributed by atoms with Gasteiger partial charge in [-0.2, -0.15) is 0 Å². The van der Waals surface area contributed by atoms with Crippen molar-refractivity contribution in [2.24, 2.45) is 0 Å². The molecule has 5 rings (SSSR count). The lowest BCUT2D eigenvalue weighted by Gasteiger charge is -2.09. The average molecular weight is 294 g/mol. The Hall–Kier alpha value is -3.13. The van der Waals surface area contributed by atoms with Crippen molar-refractivity contribution in [2.45, 2.75) is 0 Å². The van der Waals surface area contributed by atoms with Gasteiger partial charge in [0, 0.05) is 10.9 Å². The highest BCUT2D eigenvalue weighted by Crippen LogP contribution is 2.30. The molecule has 0 fully saturated rings. The van der Waals surface area contributed by atoms with Gasteiger partial charge in [0.05, 0.1) is 17.2 Å². The van der Waals surface area contributed by atoms with Crippen molar-refractivity contribution >= 4 is 27.2 Å². The number of pyridine rings is 1. The Kier molecular flexibility index (Phi) is 2.53. The maximum absolute atomic E-state index is 4.69. The molecule has 108 valence electrons. The van der Waals surface area contributed by atoms with E-state index in [1.807, 2.05) is 12.3 Å². The van der Waals surface area contributed by atoms with E-state index in [0.29, 0.717) is 0 Å². The molecule has 2 nitrogen and oxygen atoms in total. The van der Waals surface area contributed by atoms with E-state index >= 15 is 0 Å². The number of rotatable bonds is 1. The van der Waals surface area contributed by atoms with E-state index in [1.54, 1.807) is 0 Å². The molecule has 5 aromatic rings. The first kappa shape index (κ1) is 12.4. The lowest BCUT2D eigenvalue weighted by atomic mass is 10.1. The second-order valence-corrected chi connectivity index (χ2v) is 5.77. The Morgan fingerprint density at radius 1 is 0.652 bits per heavy atom. The summed E-state index contributed by atoms with van der Waals surface area (Å²) in [5.41, 5.74) is 3.47. The molecule has 23 heavy (non-hydrogen) atoms. The minimum absolute atomic E-state index is 0.988. The van der Waals surface area contributed by atoms with Crippen molar-refractivity contribution in [3.63, 3.8) is 0 Å². The van der Waals surface area contributed by atoms with Crippen molar-refractivity contribution < 1.29 is 0 Å². The Bertz CT molecular complexity index is 1150. The number of benzene rings is 3. The van der Waals surface area contributed by atoms with Crippen molar-refractivity contribution in [3.05, 3.63) is 85.1 Å². The molecule has 0 bridgehead atoms. The summed E-state index contributed by atoms with van der Waals surface area (Å²) >= 11 is 0. The third kappa shape index (κ3) is 1.78. The number of nitrogens with zero attached hydrogens (tertiary/aromatic N) is 2. The Morgan fingerprint density at radius 2 is 1.39 bits per heavy atom. The summed E-state index contributed by atoms with van der Waals surface area (Å²) in [6, 6.07) is 27.6. The molecule has 0 N–H and O–H groups in total. The molecule has 0 aliphatic carbocycles. The largest absolute Gasteiger partial charge is 0.292 e. The molecule has 0 radical (unpaired) electrons. The molecule has 2 heteroatoms. The van der Waals surface area contributed by atoms with Gasteiger partial charge < -0.3 is 0 Å². The zero-order chi connectivity index (χ0) is 15.2. The maximum atomic E-state index is 4.69. The highest BCUT2D eigenvalue weighted by atomic mass is 15.0. The fraction of sp³-hybridized carbons (Fsp3) is 0. The summed E-state index contributed by atoms with van der Waals surface area (Å²) in [4.78, 5) is 4.69. The van der Waals surface area contributed by atoms with Crippen LogP contribution >= 0.6 is 0 Å². The summed E-state index contributed by atoms with van der Waals surface area (Å²) in [6.07, 6.45) is 1.95. The van der Waals surface area contributed by atoms with Gasteiger partial charge in [-0.25, -0.2) is 4.98 Å². The molecule has 0 amide bonds. The standard InChI is InChI=1S/C21H14N2/c1-2-7-17(8-3-1)21-22-14-18-13-12-16-11-10-15-6-4-5-9-19(15)20(16)23(18)21/h1-14H. The molecule has 0 unspecified atom stereocenters. The van der Waals surface area contributed by atoms with Crippen LogP contribution < -0.4 is 0 Å². The van der Waals surface area contributed by atoms with Gasteiger partial charge in [-0.15, -0.1) is 0 Å². The highest BCUT2D eigenvalue weighted by Gasteiger charge is 2.11. The van der Waals surface area contributed by atoms with Gasteiger partial charge in [0.1, 0.15) is 5.82 Å². The van der Waals surface area contributed by atoms with E-state index < -0.39 is 0 Å². The van der Waals surface area contributed by atoms with Crippen LogP contribution in [0.5, 0.6) is 0 Å². The van der Waals surface area contributed by atoms with Crippen molar-refractivity contribution in [2.75, 3.05) is 0 Å². The number of fused-ring (bicyclic) bond motifs is 5. The van der Waals surface area contributed by atoms with Gasteiger partial charge in [-0.1, -0.05) is 72.8 Å². The van der Waals surface area contributed by atoms with Crippen LogP contribution in [0, 0.1) is 0 Å². The van der Waals surface area contributed by atoms with E-state index in [4.69, 9.17) is 0 Å². The molecule has 3 aromatic carbocycles. The average Bonchev–Trinajstić information content (AvgIpc) is 3.06. The molecule has 0 aliphatic heterocycles. The SMILES string of the molecule is c1ccc(-c2ncc3ccc4ccc5ccccc5c4n23)cc1. The number of imidazole rings is 1. The molecular formula is C21H14N2. The summed E-state index contributed by atoms with van der Waals surface area (Å²) < 4.78 is 2.27. The van der Waals surface area contributed by atoms with E-state index in [1.165, 1.54) is 21.7 Å². The number of hydrogen-bond acceptors (Lipinski definition) is 1. The Morgan fingerprint density at radius 3 is 2.30 bits per heavy atom. The lowest BCUT2D eigenvalue weighted by Crippen LogP contribution is -1.93. The fourth-order valence-electron chi connectivity index (χ4n) is 3.34. The second kappa shape index (κ2) is 4.68. The van der Waals surface area contributed by atoms with Crippen LogP contribution in [-0.4, -0.2) is 9.38 Å². The van der Waals surface area contributed by atoms with Crippen molar-refractivity contribution in [1.29, 1.82) is 0 Å². The van der Waals surface area contributed by atoms with Crippen molar-refractivity contribution in [3.8, 4) is 11.4 Å². The first-order chi connectivity index (χ1) is 11.4. The Balaban J connectivity index is 2.03. The minimum atomic E-state index is 0.988. The van der Waals surface area contributed by atoms with Gasteiger partial charge >= 0.3 is 0 Å². The van der Waals surface area contributed by atoms with Crippen LogP contribution in [0.3, 0.4) is 0 Å². The molecule has 0 saturated heterocycles. The van der Waals surface area contributed by atoms with Crippen molar-refractivity contribution in [1.82, 2.24) is 9.38 Å². The normalized spacial score (nSPS) is 11.5. The van der Waals surface area contributed by atoms with E-state index in [-0.39, 0.29) is 0 Å². The topological polar surface area (TPSA) is 17.3 Å². The van der Waals surface area contributed by atoms with Crippen LogP contribution in [0.1, 0.15) is 0 Å². The van der Waals surface area contributed by atoms with E-state index in [2.05, 4.69) is 82.2 Å². The third-order valence-corrected chi connectivity index (χ3v) is 4.41. The summed E-state index contributed by atoms with van der Waals surface area (Å²) in [6.45, 7) is 0. The predicted molar refractivity (Wildman–Crippen MR) is 95.6 cm³/mol. The fourth-order valence-corrected chi connectivity index (χ4v) is 3.34. The predicted octanol–water partition coefficient (Wildman–Crippen LogP) is 5.31. The van der Waals surface area contributed by atoms with E-state index in [0.717, 1.165) is 16.9 Å². The zero-order valence-corrected chi connectivity index (χ0v) is 12.5. The molecule has 0 saturated carbocycles. The molecule has 2 aromatic heterocycles. The van der Waals surface area contributed by atoms with Crippen LogP contribution in [0.15, 0.2) is 85.1 Å². The van der Waals surface area contributed by atoms with Gasteiger partial charge in [0.2, 0.25) is 0 Å². The quantitative estimate of drug-likeness (QED) is 0.383. The summed E-state index contributed by atoms with van der Waals surface area (Å²) in [5, 5.41) is 3.73. The molecular weight excluding hydrogens is 280 g/mol. The van der Waals surface area contributed by atoms with Gasteiger partial charge in [0.25, 0.3) is 0 Å². The highest BCUT2D eigenvalue weighted by molar-refractivity contribution is 6.07. The Labute approximate surface area is 133 Å². The molecule has 2 heterocycles. The first-order valence-electron chi connectivity index (χ1n) is 7.75. The lowest BCUT2D eigenvalue weighted by molar-refractivity contribution is 1.22. The second-order valence-electron chi connectivity index (χ2n) is 5.77. The summed E-state index contributed by atoms with van der Waals surface area (Å²) in [7, 11) is 0. The van der Waals surface area contributed by atoms with Gasteiger partial charge in [-0.3, -0.25) is 4.40 Å². The van der Waals surface area contributed by atoms with Gasteiger partial charge in [-0.05, 0) is 16.8 Å². The first-order valence-corrected chi connectivity index (χ1v) is 7.75. The van der Waals surface area contributed by atoms with E-state index in [9.17, 15) is 0 Å². The number of aromatic nitrogens is 2. The summed E-state index contributed by atoms with van der Waals surface area (Å²) in [5.74, 6) is 0.988. The monoisotopic (exact) mass is 294 g/mol. The zero-order valence-electron chi connectivity index (χ0n) is 12.5. The number of hydrogen-bond donors (Lipinski definition) is 0. The maximum Gasteiger partial charge on any atom is 0.145 e. The molecule has 0 aliphatic rings. The minimum Gasteiger partial charge on any atom is -0.292 e. The van der Waals surface area contributed by atoms with Gasteiger partial charge in [0.15, 0.2) is 0 Å². The van der Waals surface area contributed by atoms with Crippen LogP contribution in [0.2, 0.25) is 0 Å². The molecule has 0 atom stereocenters. The van der Waals surface area contributed by atoms with Crippen LogP contribution in [-0.2, 0) is 0 Å². The van der Waals surface area contributed by atoms with Crippen LogP contribution in [0.25, 0.3) is 38.6 Å². The molecule has 0 spiro atoms. The third-order valence-electron chi connectivity index (χ3n) is 4.41.